The molecule has 0 spiro atoms. The van der Waals surface area contributed by atoms with Gasteiger partial charge in [0.25, 0.3) is 0 Å². The second kappa shape index (κ2) is 4.70. The van der Waals surface area contributed by atoms with E-state index in [1.54, 1.807) is 6.20 Å². The lowest BCUT2D eigenvalue weighted by atomic mass is 10.0. The van der Waals surface area contributed by atoms with Gasteiger partial charge in [0, 0.05) is 37.0 Å². The molecule has 1 aliphatic heterocycles. The lowest BCUT2D eigenvalue weighted by Gasteiger charge is -2.15. The fourth-order valence-corrected chi connectivity index (χ4v) is 1.92. The van der Waals surface area contributed by atoms with Crippen LogP contribution in [0.15, 0.2) is 12.3 Å². The average Bonchev–Trinajstić information content (AvgIpc) is 2.66. The summed E-state index contributed by atoms with van der Waals surface area (Å²) in [6.45, 7) is 5.85. The largest absolute Gasteiger partial charge is 0.398 e. The molecular weight excluding hydrogens is 202 g/mol. The summed E-state index contributed by atoms with van der Waals surface area (Å²) in [5, 5.41) is 3.31. The Labute approximate surface area is 96.2 Å². The summed E-state index contributed by atoms with van der Waals surface area (Å²) >= 11 is 0. The number of rotatable bonds is 3. The van der Waals surface area contributed by atoms with Crippen LogP contribution in [0.4, 0.5) is 11.5 Å². The van der Waals surface area contributed by atoms with E-state index in [2.05, 4.69) is 17.2 Å². The molecule has 0 saturated carbocycles. The quantitative estimate of drug-likeness (QED) is 0.817. The number of anilines is 2. The Morgan fingerprint density at radius 1 is 1.62 bits per heavy atom. The van der Waals surface area contributed by atoms with Crippen LogP contribution in [0.5, 0.6) is 0 Å². The van der Waals surface area contributed by atoms with E-state index in [-0.39, 0.29) is 0 Å². The molecule has 1 aromatic rings. The van der Waals surface area contributed by atoms with Gasteiger partial charge in [-0.05, 0) is 25.8 Å². The smallest absolute Gasteiger partial charge is 0.127 e. The number of pyridine rings is 1. The standard InChI is InChI=1S/C12H19N3O/c1-8-6-14-12(5-11(8)13)15-7-10-3-4-16-9(10)2/h5-6,9-10H,3-4,7H2,1-2H3,(H3,13,14,15). The number of hydrogen-bond donors (Lipinski definition) is 2. The number of nitrogens with zero attached hydrogens (tertiary/aromatic N) is 1. The summed E-state index contributed by atoms with van der Waals surface area (Å²) in [6.07, 6.45) is 3.26. The molecule has 0 bridgehead atoms. The van der Waals surface area contributed by atoms with E-state index in [0.29, 0.717) is 12.0 Å². The Morgan fingerprint density at radius 2 is 2.44 bits per heavy atom. The first kappa shape index (κ1) is 11.2. The van der Waals surface area contributed by atoms with Gasteiger partial charge in [0.15, 0.2) is 0 Å². The number of aromatic nitrogens is 1. The number of hydrogen-bond acceptors (Lipinski definition) is 4. The van der Waals surface area contributed by atoms with Gasteiger partial charge in [-0.25, -0.2) is 4.98 Å². The minimum Gasteiger partial charge on any atom is -0.398 e. The third-order valence-electron chi connectivity index (χ3n) is 3.22. The molecule has 1 saturated heterocycles. The summed E-state index contributed by atoms with van der Waals surface area (Å²) in [4.78, 5) is 4.29. The zero-order valence-electron chi connectivity index (χ0n) is 9.86. The maximum absolute atomic E-state index is 5.83. The predicted molar refractivity (Wildman–Crippen MR) is 65.4 cm³/mol. The van der Waals surface area contributed by atoms with Crippen LogP contribution in [0.25, 0.3) is 0 Å². The normalized spacial score (nSPS) is 24.6. The van der Waals surface area contributed by atoms with Crippen molar-refractivity contribution in [2.24, 2.45) is 5.92 Å². The molecule has 0 radical (unpaired) electrons. The molecule has 2 unspecified atom stereocenters. The molecule has 0 aromatic carbocycles. The van der Waals surface area contributed by atoms with Crippen molar-refractivity contribution in [1.82, 2.24) is 4.98 Å². The van der Waals surface area contributed by atoms with E-state index in [1.807, 2.05) is 13.0 Å². The molecule has 2 heterocycles. The van der Waals surface area contributed by atoms with Crippen LogP contribution in [0.1, 0.15) is 18.9 Å². The van der Waals surface area contributed by atoms with Crippen molar-refractivity contribution in [2.45, 2.75) is 26.4 Å². The van der Waals surface area contributed by atoms with Crippen molar-refractivity contribution in [2.75, 3.05) is 24.2 Å². The fraction of sp³-hybridized carbons (Fsp3) is 0.583. The summed E-state index contributed by atoms with van der Waals surface area (Å²) < 4.78 is 5.51. The molecule has 88 valence electrons. The molecule has 2 rings (SSSR count). The lowest BCUT2D eigenvalue weighted by Crippen LogP contribution is -2.21. The molecule has 4 heteroatoms. The highest BCUT2D eigenvalue weighted by molar-refractivity contribution is 5.53. The van der Waals surface area contributed by atoms with Crippen LogP contribution in [-0.4, -0.2) is 24.2 Å². The van der Waals surface area contributed by atoms with E-state index in [9.17, 15) is 0 Å². The minimum atomic E-state index is 0.343. The number of aryl methyl sites for hydroxylation is 1. The molecule has 0 amide bonds. The lowest BCUT2D eigenvalue weighted by molar-refractivity contribution is 0.108. The summed E-state index contributed by atoms with van der Waals surface area (Å²) in [7, 11) is 0. The van der Waals surface area contributed by atoms with Crippen molar-refractivity contribution in [3.8, 4) is 0 Å². The van der Waals surface area contributed by atoms with Gasteiger partial charge in [0.2, 0.25) is 0 Å². The Balaban J connectivity index is 1.91. The van der Waals surface area contributed by atoms with Crippen LogP contribution in [0.2, 0.25) is 0 Å². The van der Waals surface area contributed by atoms with Crippen molar-refractivity contribution in [3.05, 3.63) is 17.8 Å². The highest BCUT2D eigenvalue weighted by atomic mass is 16.5. The van der Waals surface area contributed by atoms with Gasteiger partial charge in [0.05, 0.1) is 6.10 Å². The number of nitrogen functional groups attached to an aromatic ring is 1. The number of nitrogens with two attached hydrogens (primary N) is 1. The van der Waals surface area contributed by atoms with Crippen molar-refractivity contribution >= 4 is 11.5 Å². The predicted octanol–water partition coefficient (Wildman–Crippen LogP) is 1.81. The van der Waals surface area contributed by atoms with Crippen molar-refractivity contribution in [3.63, 3.8) is 0 Å². The molecule has 3 N–H and O–H groups in total. The maximum Gasteiger partial charge on any atom is 0.127 e. The Morgan fingerprint density at radius 3 is 3.06 bits per heavy atom. The minimum absolute atomic E-state index is 0.343. The van der Waals surface area contributed by atoms with Crippen LogP contribution in [-0.2, 0) is 4.74 Å². The molecule has 1 aliphatic rings. The van der Waals surface area contributed by atoms with E-state index in [4.69, 9.17) is 10.5 Å². The number of ether oxygens (including phenoxy) is 1. The average molecular weight is 221 g/mol. The van der Waals surface area contributed by atoms with Crippen LogP contribution >= 0.6 is 0 Å². The summed E-state index contributed by atoms with van der Waals surface area (Å²) in [5.74, 6) is 1.42. The molecule has 1 fully saturated rings. The zero-order valence-corrected chi connectivity index (χ0v) is 9.86. The van der Waals surface area contributed by atoms with E-state index in [1.165, 1.54) is 0 Å². The van der Waals surface area contributed by atoms with Gasteiger partial charge in [-0.1, -0.05) is 0 Å². The van der Waals surface area contributed by atoms with Crippen LogP contribution < -0.4 is 11.1 Å². The van der Waals surface area contributed by atoms with Gasteiger partial charge in [-0.2, -0.15) is 0 Å². The van der Waals surface area contributed by atoms with Crippen LogP contribution in [0.3, 0.4) is 0 Å². The molecule has 1 aromatic heterocycles. The molecule has 4 nitrogen and oxygen atoms in total. The Hall–Kier alpha value is -1.29. The Kier molecular flexibility index (Phi) is 3.29. The van der Waals surface area contributed by atoms with E-state index >= 15 is 0 Å². The maximum atomic E-state index is 5.83. The topological polar surface area (TPSA) is 60.2 Å². The monoisotopic (exact) mass is 221 g/mol. The van der Waals surface area contributed by atoms with Crippen molar-refractivity contribution in [1.29, 1.82) is 0 Å². The fourth-order valence-electron chi connectivity index (χ4n) is 1.92. The van der Waals surface area contributed by atoms with Gasteiger partial charge >= 0.3 is 0 Å². The first-order valence-corrected chi connectivity index (χ1v) is 5.74. The van der Waals surface area contributed by atoms with Gasteiger partial charge in [0.1, 0.15) is 5.82 Å². The highest BCUT2D eigenvalue weighted by Gasteiger charge is 2.23. The Bertz CT molecular complexity index is 367. The van der Waals surface area contributed by atoms with Gasteiger partial charge < -0.3 is 15.8 Å². The van der Waals surface area contributed by atoms with Gasteiger partial charge in [-0.15, -0.1) is 0 Å². The second-order valence-electron chi connectivity index (χ2n) is 4.43. The van der Waals surface area contributed by atoms with E-state index in [0.717, 1.165) is 36.6 Å². The highest BCUT2D eigenvalue weighted by Crippen LogP contribution is 2.21. The summed E-state index contributed by atoms with van der Waals surface area (Å²) in [6, 6.07) is 1.88. The first-order chi connectivity index (χ1) is 7.66. The number of nitrogens with one attached hydrogen (secondary N) is 1. The third-order valence-corrected chi connectivity index (χ3v) is 3.22. The zero-order chi connectivity index (χ0) is 11.5. The van der Waals surface area contributed by atoms with Crippen LogP contribution in [0, 0.1) is 12.8 Å². The second-order valence-corrected chi connectivity index (χ2v) is 4.43. The molecule has 2 atom stereocenters. The van der Waals surface area contributed by atoms with E-state index < -0.39 is 0 Å². The van der Waals surface area contributed by atoms with Gasteiger partial charge in [-0.3, -0.25) is 0 Å². The van der Waals surface area contributed by atoms with Crippen molar-refractivity contribution < 1.29 is 4.74 Å². The third kappa shape index (κ3) is 2.44. The molecular formula is C12H19N3O. The first-order valence-electron chi connectivity index (χ1n) is 5.74. The summed E-state index contributed by atoms with van der Waals surface area (Å²) in [5.41, 5.74) is 7.63. The molecule has 16 heavy (non-hydrogen) atoms. The molecule has 0 aliphatic carbocycles. The SMILES string of the molecule is Cc1cnc(NCC2CCOC2C)cc1N.